The van der Waals surface area contributed by atoms with Gasteiger partial charge in [0.15, 0.2) is 0 Å². The van der Waals surface area contributed by atoms with E-state index < -0.39 is 0 Å². The van der Waals surface area contributed by atoms with Gasteiger partial charge in [0, 0.05) is 6.54 Å². The van der Waals surface area contributed by atoms with Crippen molar-refractivity contribution in [2.45, 2.75) is 50.7 Å². The molecule has 1 unspecified atom stereocenters. The Kier molecular flexibility index (Phi) is 5.02. The van der Waals surface area contributed by atoms with E-state index in [0.717, 1.165) is 0 Å². The first-order valence-corrected chi connectivity index (χ1v) is 6.80. The zero-order valence-corrected chi connectivity index (χ0v) is 10.5. The van der Waals surface area contributed by atoms with Crippen LogP contribution < -0.4 is 5.73 Å². The molecule has 1 aliphatic rings. The van der Waals surface area contributed by atoms with Crippen molar-refractivity contribution < 1.29 is 4.74 Å². The first-order valence-electron chi connectivity index (χ1n) is 6.80. The van der Waals surface area contributed by atoms with Crippen LogP contribution >= 0.6 is 0 Å². The molecule has 1 aromatic rings. The third-order valence-electron chi connectivity index (χ3n) is 3.54. The zero-order chi connectivity index (χ0) is 11.9. The lowest BCUT2D eigenvalue weighted by Crippen LogP contribution is -2.22. The summed E-state index contributed by atoms with van der Waals surface area (Å²) in [4.78, 5) is 0. The predicted molar refractivity (Wildman–Crippen MR) is 70.8 cm³/mol. The Bertz CT molecular complexity index is 304. The highest BCUT2D eigenvalue weighted by atomic mass is 16.5. The molecular formula is C15H23NO. The van der Waals surface area contributed by atoms with E-state index >= 15 is 0 Å². The van der Waals surface area contributed by atoms with E-state index in [-0.39, 0.29) is 6.10 Å². The normalized spacial score (nSPS) is 19.8. The lowest BCUT2D eigenvalue weighted by molar-refractivity contribution is -0.0161. The van der Waals surface area contributed by atoms with Crippen molar-refractivity contribution in [2.24, 2.45) is 5.73 Å². The largest absolute Gasteiger partial charge is 0.369 e. The number of nitrogens with two attached hydrogens (primary N) is 1. The van der Waals surface area contributed by atoms with Crippen molar-refractivity contribution in [1.82, 2.24) is 0 Å². The summed E-state index contributed by atoms with van der Waals surface area (Å²) in [5.74, 6) is 0. The van der Waals surface area contributed by atoms with Crippen molar-refractivity contribution in [2.75, 3.05) is 6.54 Å². The number of hydrogen-bond donors (Lipinski definition) is 1. The first-order chi connectivity index (χ1) is 8.40. The van der Waals surface area contributed by atoms with Crippen LogP contribution in [-0.2, 0) is 4.74 Å². The van der Waals surface area contributed by atoms with Gasteiger partial charge in [-0.1, -0.05) is 56.0 Å². The quantitative estimate of drug-likeness (QED) is 0.809. The van der Waals surface area contributed by atoms with Crippen LogP contribution in [0, 0.1) is 0 Å². The second-order valence-electron chi connectivity index (χ2n) is 4.88. The summed E-state index contributed by atoms with van der Waals surface area (Å²) in [6.07, 6.45) is 8.20. The SMILES string of the molecule is NCC(OC1CCCCCC1)c1ccccc1. The van der Waals surface area contributed by atoms with Gasteiger partial charge in [0.1, 0.15) is 0 Å². The Morgan fingerprint density at radius 2 is 1.71 bits per heavy atom. The highest BCUT2D eigenvalue weighted by Crippen LogP contribution is 2.25. The summed E-state index contributed by atoms with van der Waals surface area (Å²) in [7, 11) is 0. The molecule has 1 aliphatic carbocycles. The highest BCUT2D eigenvalue weighted by Gasteiger charge is 2.18. The average Bonchev–Trinajstić information content (AvgIpc) is 2.65. The number of benzene rings is 1. The minimum absolute atomic E-state index is 0.0688. The summed E-state index contributed by atoms with van der Waals surface area (Å²) < 4.78 is 6.18. The van der Waals surface area contributed by atoms with Crippen molar-refractivity contribution >= 4 is 0 Å². The fourth-order valence-corrected chi connectivity index (χ4v) is 2.55. The second kappa shape index (κ2) is 6.77. The smallest absolute Gasteiger partial charge is 0.0950 e. The molecule has 94 valence electrons. The predicted octanol–water partition coefficient (Wildman–Crippen LogP) is 3.43. The molecule has 0 amide bonds. The minimum Gasteiger partial charge on any atom is -0.369 e. The molecule has 2 heteroatoms. The van der Waals surface area contributed by atoms with Gasteiger partial charge in [-0.2, -0.15) is 0 Å². The Morgan fingerprint density at radius 1 is 1.06 bits per heavy atom. The molecule has 0 aromatic heterocycles. The summed E-state index contributed by atoms with van der Waals surface area (Å²) in [5.41, 5.74) is 7.04. The maximum absolute atomic E-state index is 6.18. The molecule has 1 atom stereocenters. The van der Waals surface area contributed by atoms with E-state index in [2.05, 4.69) is 24.3 Å². The van der Waals surface area contributed by atoms with Gasteiger partial charge in [0.2, 0.25) is 0 Å². The second-order valence-corrected chi connectivity index (χ2v) is 4.88. The molecule has 0 aliphatic heterocycles. The molecule has 1 saturated carbocycles. The molecule has 0 radical (unpaired) electrons. The van der Waals surface area contributed by atoms with Crippen LogP contribution in [0.15, 0.2) is 30.3 Å². The van der Waals surface area contributed by atoms with Crippen LogP contribution in [0.1, 0.15) is 50.2 Å². The van der Waals surface area contributed by atoms with Crippen LogP contribution in [0.5, 0.6) is 0 Å². The van der Waals surface area contributed by atoms with Gasteiger partial charge in [-0.3, -0.25) is 0 Å². The van der Waals surface area contributed by atoms with Gasteiger partial charge in [-0.15, -0.1) is 0 Å². The molecule has 17 heavy (non-hydrogen) atoms. The molecule has 0 bridgehead atoms. The van der Waals surface area contributed by atoms with E-state index in [1.165, 1.54) is 44.1 Å². The first kappa shape index (κ1) is 12.6. The lowest BCUT2D eigenvalue weighted by atomic mass is 10.1. The molecule has 0 saturated heterocycles. The Balaban J connectivity index is 1.94. The van der Waals surface area contributed by atoms with Crippen LogP contribution in [0.3, 0.4) is 0 Å². The molecule has 0 spiro atoms. The van der Waals surface area contributed by atoms with E-state index in [4.69, 9.17) is 10.5 Å². The fraction of sp³-hybridized carbons (Fsp3) is 0.600. The monoisotopic (exact) mass is 233 g/mol. The molecule has 2 N–H and O–H groups in total. The molecule has 1 aromatic carbocycles. The van der Waals surface area contributed by atoms with Crippen molar-refractivity contribution in [3.8, 4) is 0 Å². The van der Waals surface area contributed by atoms with Crippen molar-refractivity contribution in [3.05, 3.63) is 35.9 Å². The zero-order valence-electron chi connectivity index (χ0n) is 10.5. The molecule has 2 nitrogen and oxygen atoms in total. The molecule has 2 rings (SSSR count). The van der Waals surface area contributed by atoms with Gasteiger partial charge in [-0.05, 0) is 18.4 Å². The summed E-state index contributed by atoms with van der Waals surface area (Å²) in [5, 5.41) is 0. The average molecular weight is 233 g/mol. The topological polar surface area (TPSA) is 35.2 Å². The Hall–Kier alpha value is -0.860. The Morgan fingerprint density at radius 3 is 2.29 bits per heavy atom. The summed E-state index contributed by atoms with van der Waals surface area (Å²) in [6.45, 7) is 0.570. The molecule has 1 fully saturated rings. The van der Waals surface area contributed by atoms with Crippen molar-refractivity contribution in [1.29, 1.82) is 0 Å². The van der Waals surface area contributed by atoms with E-state index in [0.29, 0.717) is 12.6 Å². The van der Waals surface area contributed by atoms with Gasteiger partial charge in [0.05, 0.1) is 12.2 Å². The standard InChI is InChI=1S/C15H23NO/c16-12-15(13-8-4-3-5-9-13)17-14-10-6-1-2-7-11-14/h3-5,8-9,14-15H,1-2,6-7,10-12,16H2. The van der Waals surface area contributed by atoms with Gasteiger partial charge < -0.3 is 10.5 Å². The van der Waals surface area contributed by atoms with E-state index in [1.54, 1.807) is 0 Å². The number of hydrogen-bond acceptors (Lipinski definition) is 2. The number of rotatable bonds is 4. The third-order valence-corrected chi connectivity index (χ3v) is 3.54. The van der Waals surface area contributed by atoms with Gasteiger partial charge in [0.25, 0.3) is 0 Å². The Labute approximate surface area is 104 Å². The highest BCUT2D eigenvalue weighted by molar-refractivity contribution is 5.17. The van der Waals surface area contributed by atoms with Gasteiger partial charge >= 0.3 is 0 Å². The third kappa shape index (κ3) is 3.83. The fourth-order valence-electron chi connectivity index (χ4n) is 2.55. The maximum Gasteiger partial charge on any atom is 0.0950 e. The number of ether oxygens (including phenoxy) is 1. The summed E-state index contributed by atoms with van der Waals surface area (Å²) >= 11 is 0. The van der Waals surface area contributed by atoms with E-state index in [1.807, 2.05) is 6.07 Å². The van der Waals surface area contributed by atoms with Gasteiger partial charge in [-0.25, -0.2) is 0 Å². The van der Waals surface area contributed by atoms with Crippen LogP contribution in [0.4, 0.5) is 0 Å². The van der Waals surface area contributed by atoms with E-state index in [9.17, 15) is 0 Å². The lowest BCUT2D eigenvalue weighted by Gasteiger charge is -2.23. The summed E-state index contributed by atoms with van der Waals surface area (Å²) in [6, 6.07) is 10.3. The molecule has 0 heterocycles. The van der Waals surface area contributed by atoms with Crippen LogP contribution in [0.25, 0.3) is 0 Å². The van der Waals surface area contributed by atoms with Crippen LogP contribution in [-0.4, -0.2) is 12.6 Å². The van der Waals surface area contributed by atoms with Crippen LogP contribution in [0.2, 0.25) is 0 Å². The molecular weight excluding hydrogens is 210 g/mol. The maximum atomic E-state index is 6.18. The minimum atomic E-state index is 0.0688. The van der Waals surface area contributed by atoms with Crippen molar-refractivity contribution in [3.63, 3.8) is 0 Å².